The van der Waals surface area contributed by atoms with E-state index in [1.54, 1.807) is 0 Å². The molecule has 0 unspecified atom stereocenters. The van der Waals surface area contributed by atoms with Gasteiger partial charge in [0.15, 0.2) is 0 Å². The third-order valence-corrected chi connectivity index (χ3v) is 4.17. The number of nitrogens with one attached hydrogen (secondary N) is 1. The molecule has 0 aromatic rings. The van der Waals surface area contributed by atoms with Crippen LogP contribution in [-0.2, 0) is 9.53 Å². The van der Waals surface area contributed by atoms with Gasteiger partial charge in [-0.25, -0.2) is 0 Å². The van der Waals surface area contributed by atoms with Crippen LogP contribution in [0.2, 0.25) is 0 Å². The van der Waals surface area contributed by atoms with Crippen LogP contribution >= 0.6 is 11.8 Å². The van der Waals surface area contributed by atoms with E-state index in [-0.39, 0.29) is 18.1 Å². The largest absolute Gasteiger partial charge is 0.375 e. The van der Waals surface area contributed by atoms with Crippen LogP contribution in [0.15, 0.2) is 0 Å². The quantitative estimate of drug-likeness (QED) is 0.722. The van der Waals surface area contributed by atoms with Crippen LogP contribution in [0, 0.1) is 0 Å². The fourth-order valence-electron chi connectivity index (χ4n) is 2.17. The van der Waals surface area contributed by atoms with E-state index in [1.165, 1.54) is 5.75 Å². The molecule has 2 heterocycles. The van der Waals surface area contributed by atoms with Gasteiger partial charge in [0.1, 0.15) is 6.04 Å². The average Bonchev–Trinajstić information content (AvgIpc) is 2.57. The number of carbonyl (C=O) groups is 1. The highest BCUT2D eigenvalue weighted by Gasteiger charge is 2.31. The molecule has 2 aliphatic heterocycles. The van der Waals surface area contributed by atoms with Crippen molar-refractivity contribution in [2.75, 3.05) is 37.7 Å². The molecule has 5 heteroatoms. The van der Waals surface area contributed by atoms with Gasteiger partial charge in [-0.05, 0) is 19.1 Å². The summed E-state index contributed by atoms with van der Waals surface area (Å²) in [6, 6.07) is -0.142. The zero-order chi connectivity index (χ0) is 11.4. The summed E-state index contributed by atoms with van der Waals surface area (Å²) in [6.45, 7) is 5.25. The lowest BCUT2D eigenvalue weighted by atomic mass is 10.1. The smallest absolute Gasteiger partial charge is 0.242 e. The lowest BCUT2D eigenvalue weighted by Crippen LogP contribution is -2.56. The molecule has 2 fully saturated rings. The van der Waals surface area contributed by atoms with Crippen molar-refractivity contribution in [3.8, 4) is 0 Å². The minimum atomic E-state index is -0.142. The molecule has 0 saturated carbocycles. The first-order chi connectivity index (χ1) is 7.79. The Labute approximate surface area is 101 Å². The first kappa shape index (κ1) is 12.2. The Morgan fingerprint density at radius 2 is 2.31 bits per heavy atom. The standard InChI is InChI=1S/C11H20N2O2S/c1-9-10(12-3-6-15-9)11(14)13-4-2-7-16-8-5-13/h9-10,12H,2-8H2,1H3/t9-,10+/m1/s1. The first-order valence-corrected chi connectivity index (χ1v) is 7.16. The molecule has 2 aliphatic rings. The molecule has 0 aliphatic carbocycles. The van der Waals surface area contributed by atoms with Gasteiger partial charge in [0, 0.05) is 25.4 Å². The molecule has 92 valence electrons. The van der Waals surface area contributed by atoms with E-state index in [0.717, 1.165) is 31.8 Å². The van der Waals surface area contributed by atoms with Crippen LogP contribution in [0.4, 0.5) is 0 Å². The molecule has 0 spiro atoms. The van der Waals surface area contributed by atoms with Gasteiger partial charge in [-0.3, -0.25) is 4.79 Å². The predicted octanol–water partition coefficient (Wildman–Crippen LogP) is 0.329. The number of hydrogen-bond acceptors (Lipinski definition) is 4. The Balaban J connectivity index is 1.93. The van der Waals surface area contributed by atoms with Gasteiger partial charge in [0.25, 0.3) is 0 Å². The average molecular weight is 244 g/mol. The zero-order valence-corrected chi connectivity index (χ0v) is 10.6. The Hall–Kier alpha value is -0.260. The summed E-state index contributed by atoms with van der Waals surface area (Å²) in [6.07, 6.45) is 1.11. The molecule has 0 radical (unpaired) electrons. The fourth-order valence-corrected chi connectivity index (χ4v) is 3.06. The molecule has 2 saturated heterocycles. The molecular formula is C11H20N2O2S. The molecule has 1 N–H and O–H groups in total. The fraction of sp³-hybridized carbons (Fsp3) is 0.909. The lowest BCUT2D eigenvalue weighted by Gasteiger charge is -2.33. The Bertz CT molecular complexity index is 242. The molecule has 2 atom stereocenters. The van der Waals surface area contributed by atoms with Crippen LogP contribution in [-0.4, -0.2) is 60.7 Å². The van der Waals surface area contributed by atoms with Gasteiger partial charge in [-0.15, -0.1) is 0 Å². The summed E-state index contributed by atoms with van der Waals surface area (Å²) < 4.78 is 5.52. The van der Waals surface area contributed by atoms with Crippen LogP contribution < -0.4 is 5.32 Å². The minimum Gasteiger partial charge on any atom is -0.375 e. The highest BCUT2D eigenvalue weighted by atomic mass is 32.2. The number of ether oxygens (including phenoxy) is 1. The van der Waals surface area contributed by atoms with Gasteiger partial charge in [-0.2, -0.15) is 11.8 Å². The van der Waals surface area contributed by atoms with E-state index < -0.39 is 0 Å². The van der Waals surface area contributed by atoms with Crippen LogP contribution in [0.5, 0.6) is 0 Å². The highest BCUT2D eigenvalue weighted by Crippen LogP contribution is 2.13. The van der Waals surface area contributed by atoms with E-state index in [0.29, 0.717) is 6.61 Å². The van der Waals surface area contributed by atoms with Crippen molar-refractivity contribution in [2.24, 2.45) is 0 Å². The Kier molecular flexibility index (Phi) is 4.49. The van der Waals surface area contributed by atoms with Crippen LogP contribution in [0.25, 0.3) is 0 Å². The van der Waals surface area contributed by atoms with E-state index in [1.807, 2.05) is 23.6 Å². The number of hydrogen-bond donors (Lipinski definition) is 1. The van der Waals surface area contributed by atoms with Crippen LogP contribution in [0.1, 0.15) is 13.3 Å². The van der Waals surface area contributed by atoms with Gasteiger partial charge in [0.2, 0.25) is 5.91 Å². The molecule has 2 rings (SSSR count). The molecule has 0 aromatic heterocycles. The Morgan fingerprint density at radius 1 is 1.44 bits per heavy atom. The van der Waals surface area contributed by atoms with Crippen molar-refractivity contribution in [2.45, 2.75) is 25.5 Å². The van der Waals surface area contributed by atoms with Gasteiger partial charge in [0.05, 0.1) is 12.7 Å². The second-order valence-corrected chi connectivity index (χ2v) is 5.52. The summed E-state index contributed by atoms with van der Waals surface area (Å²) in [5.41, 5.74) is 0. The topological polar surface area (TPSA) is 41.6 Å². The Morgan fingerprint density at radius 3 is 3.12 bits per heavy atom. The van der Waals surface area contributed by atoms with Crippen molar-refractivity contribution in [3.05, 3.63) is 0 Å². The van der Waals surface area contributed by atoms with Crippen molar-refractivity contribution < 1.29 is 9.53 Å². The summed E-state index contributed by atoms with van der Waals surface area (Å²) in [7, 11) is 0. The molecular weight excluding hydrogens is 224 g/mol. The summed E-state index contributed by atoms with van der Waals surface area (Å²) in [4.78, 5) is 14.3. The number of nitrogens with zero attached hydrogens (tertiary/aromatic N) is 1. The summed E-state index contributed by atoms with van der Waals surface area (Å²) >= 11 is 1.94. The van der Waals surface area contributed by atoms with E-state index in [9.17, 15) is 4.79 Å². The monoisotopic (exact) mass is 244 g/mol. The molecule has 0 aromatic carbocycles. The van der Waals surface area contributed by atoms with E-state index in [4.69, 9.17) is 4.74 Å². The number of thioether (sulfide) groups is 1. The van der Waals surface area contributed by atoms with Crippen molar-refractivity contribution in [3.63, 3.8) is 0 Å². The lowest BCUT2D eigenvalue weighted by molar-refractivity contribution is -0.139. The van der Waals surface area contributed by atoms with Crippen molar-refractivity contribution in [1.29, 1.82) is 0 Å². The van der Waals surface area contributed by atoms with Gasteiger partial charge >= 0.3 is 0 Å². The third kappa shape index (κ3) is 2.90. The molecule has 1 amide bonds. The third-order valence-electron chi connectivity index (χ3n) is 3.12. The highest BCUT2D eigenvalue weighted by molar-refractivity contribution is 7.99. The second-order valence-electron chi connectivity index (χ2n) is 4.30. The number of rotatable bonds is 1. The number of carbonyl (C=O) groups excluding carboxylic acids is 1. The van der Waals surface area contributed by atoms with Gasteiger partial charge < -0.3 is 15.0 Å². The maximum absolute atomic E-state index is 12.3. The predicted molar refractivity (Wildman–Crippen MR) is 65.7 cm³/mol. The van der Waals surface area contributed by atoms with Gasteiger partial charge in [-0.1, -0.05) is 0 Å². The summed E-state index contributed by atoms with van der Waals surface area (Å²) in [5.74, 6) is 2.46. The first-order valence-electron chi connectivity index (χ1n) is 6.00. The van der Waals surface area contributed by atoms with Crippen LogP contribution in [0.3, 0.4) is 0 Å². The SMILES string of the molecule is C[C@H]1OCCN[C@@H]1C(=O)N1CCCSCC1. The van der Waals surface area contributed by atoms with Crippen molar-refractivity contribution >= 4 is 17.7 Å². The van der Waals surface area contributed by atoms with Crippen molar-refractivity contribution in [1.82, 2.24) is 10.2 Å². The second kappa shape index (κ2) is 5.89. The normalized spacial score (nSPS) is 32.2. The molecule has 4 nitrogen and oxygen atoms in total. The minimum absolute atomic E-state index is 0.00263. The molecule has 0 bridgehead atoms. The maximum atomic E-state index is 12.3. The zero-order valence-electron chi connectivity index (χ0n) is 9.78. The summed E-state index contributed by atoms with van der Waals surface area (Å²) in [5, 5.41) is 3.26. The van der Waals surface area contributed by atoms with E-state index >= 15 is 0 Å². The maximum Gasteiger partial charge on any atom is 0.242 e. The number of morpholine rings is 1. The molecule has 16 heavy (non-hydrogen) atoms. The van der Waals surface area contributed by atoms with E-state index in [2.05, 4.69) is 5.32 Å². The number of amides is 1.